The predicted octanol–water partition coefficient (Wildman–Crippen LogP) is 2.23. The Hall–Kier alpha value is -1.23. The maximum Gasteiger partial charge on any atom is 0.107 e. The molecule has 3 nitrogen and oxygen atoms in total. The van der Waals surface area contributed by atoms with Gasteiger partial charge in [0.05, 0.1) is 0 Å². The molecule has 3 N–H and O–H groups in total. The van der Waals surface area contributed by atoms with E-state index in [4.69, 9.17) is 5.73 Å². The van der Waals surface area contributed by atoms with E-state index in [0.717, 1.165) is 15.7 Å². The molecular formula is C14H15BrN2O. The predicted molar refractivity (Wildman–Crippen MR) is 75.0 cm³/mol. The number of benzene rings is 1. The van der Waals surface area contributed by atoms with Crippen LogP contribution in [0, 0.1) is 0 Å². The van der Waals surface area contributed by atoms with Gasteiger partial charge in [-0.1, -0.05) is 30.3 Å². The lowest BCUT2D eigenvalue weighted by Crippen LogP contribution is -2.37. The summed E-state index contributed by atoms with van der Waals surface area (Å²) in [6.45, 7) is 0.161. The number of pyridine rings is 1. The summed E-state index contributed by atoms with van der Waals surface area (Å²) in [7, 11) is 0. The molecule has 1 aromatic heterocycles. The van der Waals surface area contributed by atoms with Crippen LogP contribution in [0.2, 0.25) is 0 Å². The molecule has 0 aliphatic rings. The molecule has 0 aliphatic heterocycles. The van der Waals surface area contributed by atoms with E-state index in [1.807, 2.05) is 42.5 Å². The van der Waals surface area contributed by atoms with Crippen molar-refractivity contribution in [3.63, 3.8) is 0 Å². The first-order valence-corrected chi connectivity index (χ1v) is 6.52. The van der Waals surface area contributed by atoms with Crippen molar-refractivity contribution in [3.8, 4) is 0 Å². The standard InChI is InChI=1S/C14H15BrN2O/c15-12-6-7-13(17-9-12)8-14(18,10-16)11-4-2-1-3-5-11/h1-7,9,18H,8,10,16H2. The van der Waals surface area contributed by atoms with Crippen LogP contribution >= 0.6 is 15.9 Å². The van der Waals surface area contributed by atoms with E-state index in [-0.39, 0.29) is 6.54 Å². The number of hydrogen-bond acceptors (Lipinski definition) is 3. The molecule has 0 amide bonds. The summed E-state index contributed by atoms with van der Waals surface area (Å²) >= 11 is 3.34. The molecule has 2 rings (SSSR count). The summed E-state index contributed by atoms with van der Waals surface area (Å²) in [6, 6.07) is 13.3. The molecule has 0 bridgehead atoms. The minimum atomic E-state index is -1.07. The minimum absolute atomic E-state index is 0.161. The number of nitrogens with two attached hydrogens (primary N) is 1. The summed E-state index contributed by atoms with van der Waals surface area (Å²) in [5.41, 5.74) is 6.29. The fourth-order valence-electron chi connectivity index (χ4n) is 1.85. The first-order valence-electron chi connectivity index (χ1n) is 5.72. The van der Waals surface area contributed by atoms with E-state index >= 15 is 0 Å². The van der Waals surface area contributed by atoms with E-state index in [1.54, 1.807) is 6.20 Å². The van der Waals surface area contributed by atoms with Crippen LogP contribution in [0.5, 0.6) is 0 Å². The normalized spacial score (nSPS) is 14.2. The molecule has 2 aromatic rings. The van der Waals surface area contributed by atoms with Gasteiger partial charge in [0.15, 0.2) is 0 Å². The fraction of sp³-hybridized carbons (Fsp3) is 0.214. The largest absolute Gasteiger partial charge is 0.383 e. The van der Waals surface area contributed by atoms with Crippen molar-refractivity contribution in [2.75, 3.05) is 6.54 Å². The van der Waals surface area contributed by atoms with Gasteiger partial charge in [-0.3, -0.25) is 4.98 Å². The number of aromatic nitrogens is 1. The average Bonchev–Trinajstić information content (AvgIpc) is 2.42. The third kappa shape index (κ3) is 2.96. The number of hydrogen-bond donors (Lipinski definition) is 2. The number of halogens is 1. The highest BCUT2D eigenvalue weighted by molar-refractivity contribution is 9.10. The van der Waals surface area contributed by atoms with Crippen LogP contribution in [0.25, 0.3) is 0 Å². The second-order valence-corrected chi connectivity index (χ2v) is 5.16. The maximum absolute atomic E-state index is 10.6. The highest BCUT2D eigenvalue weighted by Crippen LogP contribution is 2.24. The van der Waals surface area contributed by atoms with Gasteiger partial charge in [-0.15, -0.1) is 0 Å². The molecule has 1 heterocycles. The van der Waals surface area contributed by atoms with Gasteiger partial charge in [0.2, 0.25) is 0 Å². The highest BCUT2D eigenvalue weighted by atomic mass is 79.9. The smallest absolute Gasteiger partial charge is 0.107 e. The van der Waals surface area contributed by atoms with Crippen LogP contribution in [-0.4, -0.2) is 16.6 Å². The van der Waals surface area contributed by atoms with Crippen molar-refractivity contribution in [1.82, 2.24) is 4.98 Å². The lowest BCUT2D eigenvalue weighted by Gasteiger charge is -2.26. The molecular weight excluding hydrogens is 292 g/mol. The Balaban J connectivity index is 2.26. The van der Waals surface area contributed by atoms with Gasteiger partial charge in [-0.2, -0.15) is 0 Å². The van der Waals surface area contributed by atoms with Gasteiger partial charge in [0.25, 0.3) is 0 Å². The van der Waals surface area contributed by atoms with Crippen molar-refractivity contribution in [2.45, 2.75) is 12.0 Å². The Morgan fingerprint density at radius 1 is 1.17 bits per heavy atom. The molecule has 94 valence electrons. The monoisotopic (exact) mass is 306 g/mol. The molecule has 0 saturated heterocycles. The first-order chi connectivity index (χ1) is 8.64. The number of aliphatic hydroxyl groups is 1. The Labute approximate surface area is 115 Å². The molecule has 0 saturated carbocycles. The van der Waals surface area contributed by atoms with Crippen molar-refractivity contribution < 1.29 is 5.11 Å². The van der Waals surface area contributed by atoms with Gasteiger partial charge in [0, 0.05) is 29.3 Å². The van der Waals surface area contributed by atoms with Crippen LogP contribution < -0.4 is 5.73 Å². The molecule has 1 atom stereocenters. The summed E-state index contributed by atoms with van der Waals surface area (Å²) in [6.07, 6.45) is 2.12. The lowest BCUT2D eigenvalue weighted by molar-refractivity contribution is 0.0453. The van der Waals surface area contributed by atoms with Crippen LogP contribution in [0.4, 0.5) is 0 Å². The number of rotatable bonds is 4. The Bertz CT molecular complexity index is 501. The summed E-state index contributed by atoms with van der Waals surface area (Å²) < 4.78 is 0.919. The molecule has 1 aromatic carbocycles. The fourth-order valence-corrected chi connectivity index (χ4v) is 2.09. The van der Waals surface area contributed by atoms with Gasteiger partial charge in [-0.25, -0.2) is 0 Å². The second-order valence-electron chi connectivity index (χ2n) is 4.25. The van der Waals surface area contributed by atoms with Crippen molar-refractivity contribution >= 4 is 15.9 Å². The van der Waals surface area contributed by atoms with Gasteiger partial charge >= 0.3 is 0 Å². The van der Waals surface area contributed by atoms with E-state index in [2.05, 4.69) is 20.9 Å². The Morgan fingerprint density at radius 3 is 2.44 bits per heavy atom. The molecule has 0 spiro atoms. The summed E-state index contributed by atoms with van der Waals surface area (Å²) in [4.78, 5) is 4.27. The van der Waals surface area contributed by atoms with Crippen LogP contribution in [0.3, 0.4) is 0 Å². The van der Waals surface area contributed by atoms with Crippen LogP contribution in [0.1, 0.15) is 11.3 Å². The van der Waals surface area contributed by atoms with E-state index < -0.39 is 5.60 Å². The number of nitrogens with zero attached hydrogens (tertiary/aromatic N) is 1. The molecule has 0 fully saturated rings. The minimum Gasteiger partial charge on any atom is -0.383 e. The maximum atomic E-state index is 10.6. The second kappa shape index (κ2) is 5.61. The Morgan fingerprint density at radius 2 is 1.89 bits per heavy atom. The summed E-state index contributed by atoms with van der Waals surface area (Å²) in [5, 5.41) is 10.6. The van der Waals surface area contributed by atoms with Crippen molar-refractivity contribution in [2.24, 2.45) is 5.73 Å². The molecule has 0 radical (unpaired) electrons. The summed E-state index contributed by atoms with van der Waals surface area (Å²) in [5.74, 6) is 0. The van der Waals surface area contributed by atoms with E-state index in [0.29, 0.717) is 6.42 Å². The zero-order valence-electron chi connectivity index (χ0n) is 9.88. The van der Waals surface area contributed by atoms with E-state index in [9.17, 15) is 5.11 Å². The zero-order valence-corrected chi connectivity index (χ0v) is 11.5. The molecule has 0 aliphatic carbocycles. The Kier molecular flexibility index (Phi) is 4.11. The highest BCUT2D eigenvalue weighted by Gasteiger charge is 2.28. The van der Waals surface area contributed by atoms with Crippen molar-refractivity contribution in [3.05, 3.63) is 64.4 Å². The zero-order chi connectivity index (χ0) is 13.0. The third-order valence-corrected chi connectivity index (χ3v) is 3.38. The third-order valence-electron chi connectivity index (χ3n) is 2.91. The lowest BCUT2D eigenvalue weighted by atomic mass is 9.89. The molecule has 4 heteroatoms. The van der Waals surface area contributed by atoms with Crippen LogP contribution in [-0.2, 0) is 12.0 Å². The van der Waals surface area contributed by atoms with Crippen molar-refractivity contribution in [1.29, 1.82) is 0 Å². The van der Waals surface area contributed by atoms with Gasteiger partial charge in [0.1, 0.15) is 5.60 Å². The van der Waals surface area contributed by atoms with Crippen LogP contribution in [0.15, 0.2) is 53.1 Å². The van der Waals surface area contributed by atoms with Gasteiger partial charge < -0.3 is 10.8 Å². The van der Waals surface area contributed by atoms with Gasteiger partial charge in [-0.05, 0) is 33.6 Å². The topological polar surface area (TPSA) is 59.1 Å². The first kappa shape index (κ1) is 13.2. The molecule has 18 heavy (non-hydrogen) atoms. The SMILES string of the molecule is NCC(O)(Cc1ccc(Br)cn1)c1ccccc1. The molecule has 1 unspecified atom stereocenters. The quantitative estimate of drug-likeness (QED) is 0.910. The van der Waals surface area contributed by atoms with E-state index in [1.165, 1.54) is 0 Å². The average molecular weight is 307 g/mol.